The molecule has 0 aromatic rings. The molecule has 0 radical (unpaired) electrons. The van der Waals surface area contributed by atoms with E-state index in [1.807, 2.05) is 14.4 Å². The van der Waals surface area contributed by atoms with Crippen molar-refractivity contribution in [2.24, 2.45) is 0 Å². The minimum atomic E-state index is 0.385. The van der Waals surface area contributed by atoms with Gasteiger partial charge < -0.3 is 0 Å². The molecule has 0 amide bonds. The third kappa shape index (κ3) is 11.6. The first-order chi connectivity index (χ1) is 20.4. The Morgan fingerprint density at radius 1 is 0.244 bits per heavy atom. The first-order valence-corrected chi connectivity index (χ1v) is 23.9. The van der Waals surface area contributed by atoms with Gasteiger partial charge in [-0.3, -0.25) is 0 Å². The molecule has 1 saturated heterocycles. The van der Waals surface area contributed by atoms with Gasteiger partial charge >= 0.3 is 25.2 Å². The number of hydrogen-bond donors (Lipinski definition) is 0. The van der Waals surface area contributed by atoms with Gasteiger partial charge in [-0.05, 0) is 111 Å². The molecular formula is C38H70NiP2. The molecular weight excluding hydrogens is 577 g/mol. The van der Waals surface area contributed by atoms with E-state index in [9.17, 15) is 0 Å². The van der Waals surface area contributed by atoms with Crippen LogP contribution in [0.1, 0.15) is 193 Å². The van der Waals surface area contributed by atoms with Gasteiger partial charge in [0.2, 0.25) is 0 Å². The topological polar surface area (TPSA) is 0 Å². The molecule has 0 unspecified atom stereocenters. The quantitative estimate of drug-likeness (QED) is 0.199. The van der Waals surface area contributed by atoms with E-state index >= 15 is 0 Å². The second-order valence-electron chi connectivity index (χ2n) is 15.1. The number of hydrogen-bond acceptors (Lipinski definition) is 0. The molecule has 0 aromatic carbocycles. The average molecular weight is 648 g/mol. The normalized spacial score (nSPS) is 28.7. The summed E-state index contributed by atoms with van der Waals surface area (Å²) in [7, 11) is 0.770. The van der Waals surface area contributed by atoms with Crippen LogP contribution >= 0.6 is 15.8 Å². The van der Waals surface area contributed by atoms with Gasteiger partial charge in [0.1, 0.15) is 0 Å². The Balaban J connectivity index is 0.000000149. The fourth-order valence-corrected chi connectivity index (χ4v) is 19.4. The second-order valence-corrected chi connectivity index (χ2v) is 22.8. The molecule has 6 aliphatic carbocycles. The summed E-state index contributed by atoms with van der Waals surface area (Å²) in [6.45, 7) is 0. The van der Waals surface area contributed by atoms with Crippen molar-refractivity contribution < 1.29 is 14.4 Å². The molecule has 0 N–H and O–H groups in total. The SMILES string of the molecule is C1CCC(P(C2CCCCC2)C2CCCCC2)CC1.C1CCC(P(C2CCCCC2)C2CCCCC2)CC1.[CH2]1[CH2][Ni]1. The van der Waals surface area contributed by atoms with Crippen LogP contribution in [0.25, 0.3) is 0 Å². The molecule has 41 heavy (non-hydrogen) atoms. The maximum absolute atomic E-state index is 1.88. The summed E-state index contributed by atoms with van der Waals surface area (Å²) in [5, 5.41) is 2.88. The van der Waals surface area contributed by atoms with Gasteiger partial charge in [-0.15, -0.1) is 0 Å². The third-order valence-corrected chi connectivity index (χ3v) is 20.8. The third-order valence-electron chi connectivity index (χ3n) is 12.1. The van der Waals surface area contributed by atoms with E-state index in [4.69, 9.17) is 0 Å². The van der Waals surface area contributed by atoms with Crippen LogP contribution in [0.5, 0.6) is 0 Å². The summed E-state index contributed by atoms with van der Waals surface area (Å²) < 4.78 is 0. The summed E-state index contributed by atoms with van der Waals surface area (Å²) in [5.74, 6) is 0. The summed E-state index contributed by atoms with van der Waals surface area (Å²) in [5.41, 5.74) is 7.14. The van der Waals surface area contributed by atoms with Crippen LogP contribution in [0.15, 0.2) is 0 Å². The summed E-state index contributed by atoms with van der Waals surface area (Å²) in [4.78, 5) is 0. The molecule has 7 aliphatic rings. The second kappa shape index (κ2) is 19.8. The van der Waals surface area contributed by atoms with Gasteiger partial charge in [-0.2, -0.15) is 0 Å². The van der Waals surface area contributed by atoms with Crippen molar-refractivity contribution >= 4 is 15.8 Å². The summed E-state index contributed by atoms with van der Waals surface area (Å²) in [6.07, 6.45) is 47.2. The van der Waals surface area contributed by atoms with Crippen LogP contribution in [0, 0.1) is 0 Å². The molecule has 242 valence electrons. The van der Waals surface area contributed by atoms with Gasteiger partial charge in [-0.25, -0.2) is 0 Å². The van der Waals surface area contributed by atoms with E-state index in [1.54, 1.807) is 154 Å². The molecule has 0 nitrogen and oxygen atoms in total. The zero-order chi connectivity index (χ0) is 28.0. The Kier molecular flexibility index (Phi) is 16.3. The number of rotatable bonds is 6. The van der Waals surface area contributed by atoms with Crippen LogP contribution in [0.2, 0.25) is 10.8 Å². The van der Waals surface area contributed by atoms with E-state index in [1.165, 1.54) is 83.3 Å². The molecule has 6 saturated carbocycles. The molecule has 7 fully saturated rings. The molecule has 1 aliphatic heterocycles. The first kappa shape index (κ1) is 33.7. The zero-order valence-electron chi connectivity index (χ0n) is 27.3. The van der Waals surface area contributed by atoms with Crippen molar-refractivity contribution in [1.29, 1.82) is 0 Å². The van der Waals surface area contributed by atoms with E-state index in [2.05, 4.69) is 0 Å². The average Bonchev–Trinajstić information content (AvgIpc) is 3.95. The maximum atomic E-state index is 1.88. The fourth-order valence-electron chi connectivity index (χ4n) is 10.1. The standard InChI is InChI=1S/2C18H33P.C2H4.Ni/c2*1-4-10-16(11-5-1)19(17-12-6-2-7-13-17)18-14-8-3-9-15-18;1-2;/h2*16-18H,1-15H2;1-2H2;. The van der Waals surface area contributed by atoms with Crippen LogP contribution < -0.4 is 0 Å². The minimum absolute atomic E-state index is 0.385. The predicted octanol–water partition coefficient (Wildman–Crippen LogP) is 13.9. The molecule has 0 spiro atoms. The van der Waals surface area contributed by atoms with Crippen molar-refractivity contribution in [2.75, 3.05) is 0 Å². The summed E-state index contributed by atoms with van der Waals surface area (Å²) >= 11 is 1.88. The van der Waals surface area contributed by atoms with E-state index in [-0.39, 0.29) is 0 Å². The van der Waals surface area contributed by atoms with Crippen molar-refractivity contribution in [2.45, 2.75) is 237 Å². The Bertz CT molecular complexity index is 503. The van der Waals surface area contributed by atoms with E-state index in [0.29, 0.717) is 15.8 Å². The molecule has 1 heterocycles. The van der Waals surface area contributed by atoms with Crippen molar-refractivity contribution in [1.82, 2.24) is 0 Å². The molecule has 0 bridgehead atoms. The Morgan fingerprint density at radius 3 is 0.512 bits per heavy atom. The molecule has 7 rings (SSSR count). The van der Waals surface area contributed by atoms with Crippen LogP contribution in [-0.4, -0.2) is 34.0 Å². The van der Waals surface area contributed by atoms with E-state index in [0.717, 1.165) is 0 Å². The zero-order valence-corrected chi connectivity index (χ0v) is 30.1. The van der Waals surface area contributed by atoms with E-state index < -0.39 is 0 Å². The van der Waals surface area contributed by atoms with Gasteiger partial charge in [0.15, 0.2) is 0 Å². The van der Waals surface area contributed by atoms with Crippen molar-refractivity contribution in [3.05, 3.63) is 0 Å². The Hall–Kier alpha value is 1.35. The molecule has 0 aromatic heterocycles. The molecule has 0 atom stereocenters. The first-order valence-electron chi connectivity index (χ1n) is 19.4. The van der Waals surface area contributed by atoms with Crippen molar-refractivity contribution in [3.63, 3.8) is 0 Å². The van der Waals surface area contributed by atoms with Crippen LogP contribution in [0.4, 0.5) is 0 Å². The van der Waals surface area contributed by atoms with Gasteiger partial charge in [0.25, 0.3) is 0 Å². The monoisotopic (exact) mass is 646 g/mol. The van der Waals surface area contributed by atoms with Crippen molar-refractivity contribution in [3.8, 4) is 0 Å². The molecule has 3 heteroatoms. The van der Waals surface area contributed by atoms with Gasteiger partial charge in [-0.1, -0.05) is 131 Å². The fraction of sp³-hybridized carbons (Fsp3) is 1.00. The Labute approximate surface area is 266 Å². The van der Waals surface area contributed by atoms with Crippen LogP contribution in [0.3, 0.4) is 0 Å². The van der Waals surface area contributed by atoms with Gasteiger partial charge in [0.05, 0.1) is 0 Å². The van der Waals surface area contributed by atoms with Crippen LogP contribution in [-0.2, 0) is 14.4 Å². The summed E-state index contributed by atoms with van der Waals surface area (Å²) in [6, 6.07) is 0. The predicted molar refractivity (Wildman–Crippen MR) is 185 cm³/mol. The van der Waals surface area contributed by atoms with Gasteiger partial charge in [0, 0.05) is 0 Å². The Morgan fingerprint density at radius 2 is 0.390 bits per heavy atom.